The molecule has 1 atom stereocenters. The molecule has 1 amide bonds. The van der Waals surface area contributed by atoms with Crippen LogP contribution in [0.4, 0.5) is 0 Å². The van der Waals surface area contributed by atoms with E-state index in [0.717, 1.165) is 18.5 Å². The third-order valence-electron chi connectivity index (χ3n) is 2.87. The Bertz CT molecular complexity index is 413. The van der Waals surface area contributed by atoms with Crippen molar-refractivity contribution in [2.45, 2.75) is 25.4 Å². The summed E-state index contributed by atoms with van der Waals surface area (Å²) < 4.78 is 0.703. The van der Waals surface area contributed by atoms with Gasteiger partial charge in [-0.15, -0.1) is 0 Å². The maximum Gasteiger partial charge on any atom is 0.220 e. The molecular weight excluding hydrogens is 284 g/mol. The van der Waals surface area contributed by atoms with Gasteiger partial charge in [-0.1, -0.05) is 6.07 Å². The highest BCUT2D eigenvalue weighted by Crippen LogP contribution is 2.24. The van der Waals surface area contributed by atoms with Crippen LogP contribution in [-0.4, -0.2) is 23.6 Å². The molecule has 1 fully saturated rings. The largest absolute Gasteiger partial charge is 0.507 e. The van der Waals surface area contributed by atoms with E-state index < -0.39 is 0 Å². The molecule has 1 aromatic rings. The molecule has 0 aliphatic carbocycles. The number of phenols is 1. The molecule has 0 bridgehead atoms. The molecule has 0 spiro atoms. The highest BCUT2D eigenvalue weighted by atomic mass is 79.9. The van der Waals surface area contributed by atoms with E-state index in [1.165, 1.54) is 0 Å². The molecule has 1 saturated heterocycles. The Balaban J connectivity index is 1.85. The zero-order valence-electron chi connectivity index (χ0n) is 9.37. The van der Waals surface area contributed by atoms with Crippen molar-refractivity contribution in [3.8, 4) is 5.75 Å². The highest BCUT2D eigenvalue weighted by Gasteiger charge is 2.16. The standard InChI is InChI=1S/C12H15BrN2O2/c13-10-5-8(1-3-11(10)16)6-14-9-2-4-12(17)15-7-9/h1,3,5,9,14,16H,2,4,6-7H2,(H,15,17). The zero-order chi connectivity index (χ0) is 12.3. The molecule has 2 rings (SSSR count). The minimum Gasteiger partial charge on any atom is -0.507 e. The van der Waals surface area contributed by atoms with Crippen LogP contribution in [0, 0.1) is 0 Å². The summed E-state index contributed by atoms with van der Waals surface area (Å²) in [5, 5.41) is 15.6. The van der Waals surface area contributed by atoms with Gasteiger partial charge in [0.25, 0.3) is 0 Å². The molecule has 92 valence electrons. The lowest BCUT2D eigenvalue weighted by Crippen LogP contribution is -2.45. The Morgan fingerprint density at radius 1 is 1.53 bits per heavy atom. The summed E-state index contributed by atoms with van der Waals surface area (Å²) in [6.07, 6.45) is 1.47. The van der Waals surface area contributed by atoms with E-state index >= 15 is 0 Å². The van der Waals surface area contributed by atoms with E-state index in [0.29, 0.717) is 23.5 Å². The van der Waals surface area contributed by atoms with Crippen molar-refractivity contribution < 1.29 is 9.90 Å². The van der Waals surface area contributed by atoms with Crippen molar-refractivity contribution in [1.82, 2.24) is 10.6 Å². The number of amides is 1. The molecule has 1 aliphatic rings. The van der Waals surface area contributed by atoms with Gasteiger partial charge >= 0.3 is 0 Å². The fourth-order valence-electron chi connectivity index (χ4n) is 1.83. The van der Waals surface area contributed by atoms with Crippen LogP contribution in [0.1, 0.15) is 18.4 Å². The van der Waals surface area contributed by atoms with Crippen molar-refractivity contribution in [2.24, 2.45) is 0 Å². The second-order valence-corrected chi connectivity index (χ2v) is 5.06. The van der Waals surface area contributed by atoms with Crippen LogP contribution in [0.25, 0.3) is 0 Å². The van der Waals surface area contributed by atoms with Gasteiger partial charge in [0.2, 0.25) is 5.91 Å². The normalized spacial score (nSPS) is 20.1. The molecular formula is C12H15BrN2O2. The average Bonchev–Trinajstić information content (AvgIpc) is 2.33. The monoisotopic (exact) mass is 298 g/mol. The van der Waals surface area contributed by atoms with Crippen LogP contribution < -0.4 is 10.6 Å². The van der Waals surface area contributed by atoms with Gasteiger partial charge in [0, 0.05) is 25.6 Å². The van der Waals surface area contributed by atoms with Gasteiger partial charge in [-0.3, -0.25) is 4.79 Å². The number of nitrogens with one attached hydrogen (secondary N) is 2. The van der Waals surface area contributed by atoms with Gasteiger partial charge in [0.1, 0.15) is 5.75 Å². The van der Waals surface area contributed by atoms with Gasteiger partial charge in [-0.2, -0.15) is 0 Å². The summed E-state index contributed by atoms with van der Waals surface area (Å²) in [6, 6.07) is 5.78. The Hall–Kier alpha value is -1.07. The first-order valence-corrected chi connectivity index (χ1v) is 6.42. The number of hydrogen-bond acceptors (Lipinski definition) is 3. The first-order chi connectivity index (χ1) is 8.15. The Morgan fingerprint density at radius 3 is 3.00 bits per heavy atom. The van der Waals surface area contributed by atoms with E-state index in [4.69, 9.17) is 0 Å². The molecule has 1 aromatic carbocycles. The van der Waals surface area contributed by atoms with Gasteiger partial charge in [-0.05, 0) is 40.0 Å². The second-order valence-electron chi connectivity index (χ2n) is 4.21. The number of hydrogen-bond donors (Lipinski definition) is 3. The molecule has 17 heavy (non-hydrogen) atoms. The summed E-state index contributed by atoms with van der Waals surface area (Å²) in [6.45, 7) is 1.43. The molecule has 5 heteroatoms. The summed E-state index contributed by atoms with van der Waals surface area (Å²) >= 11 is 3.29. The predicted octanol–water partition coefficient (Wildman–Crippen LogP) is 1.52. The van der Waals surface area contributed by atoms with E-state index in [1.54, 1.807) is 6.07 Å². The Morgan fingerprint density at radius 2 is 2.35 bits per heavy atom. The number of rotatable bonds is 3. The van der Waals surface area contributed by atoms with Crippen molar-refractivity contribution >= 4 is 21.8 Å². The van der Waals surface area contributed by atoms with Crippen LogP contribution >= 0.6 is 15.9 Å². The van der Waals surface area contributed by atoms with Crippen molar-refractivity contribution in [2.75, 3.05) is 6.54 Å². The molecule has 4 nitrogen and oxygen atoms in total. The second kappa shape index (κ2) is 5.51. The maximum absolute atomic E-state index is 11.0. The summed E-state index contributed by atoms with van der Waals surface area (Å²) in [5.74, 6) is 0.383. The average molecular weight is 299 g/mol. The van der Waals surface area contributed by atoms with Gasteiger partial charge in [-0.25, -0.2) is 0 Å². The molecule has 0 aromatic heterocycles. The highest BCUT2D eigenvalue weighted by molar-refractivity contribution is 9.10. The molecule has 0 radical (unpaired) electrons. The van der Waals surface area contributed by atoms with E-state index in [2.05, 4.69) is 26.6 Å². The molecule has 1 aliphatic heterocycles. The smallest absolute Gasteiger partial charge is 0.220 e. The predicted molar refractivity (Wildman–Crippen MR) is 68.7 cm³/mol. The summed E-state index contributed by atoms with van der Waals surface area (Å²) in [5.41, 5.74) is 1.10. The fraction of sp³-hybridized carbons (Fsp3) is 0.417. The molecule has 1 heterocycles. The van der Waals surface area contributed by atoms with Crippen molar-refractivity contribution in [1.29, 1.82) is 0 Å². The minimum absolute atomic E-state index is 0.135. The first-order valence-electron chi connectivity index (χ1n) is 5.62. The number of aromatic hydroxyl groups is 1. The maximum atomic E-state index is 11.0. The lowest BCUT2D eigenvalue weighted by molar-refractivity contribution is -0.122. The fourth-order valence-corrected chi connectivity index (χ4v) is 2.26. The summed E-state index contributed by atoms with van der Waals surface area (Å²) in [4.78, 5) is 11.0. The van der Waals surface area contributed by atoms with Crippen molar-refractivity contribution in [3.05, 3.63) is 28.2 Å². The molecule has 0 saturated carbocycles. The number of carbonyl (C=O) groups is 1. The van der Waals surface area contributed by atoms with E-state index in [1.807, 2.05) is 12.1 Å². The topological polar surface area (TPSA) is 61.4 Å². The van der Waals surface area contributed by atoms with Crippen LogP contribution in [0.2, 0.25) is 0 Å². The number of piperidine rings is 1. The van der Waals surface area contributed by atoms with Crippen LogP contribution in [-0.2, 0) is 11.3 Å². The lowest BCUT2D eigenvalue weighted by Gasteiger charge is -2.23. The van der Waals surface area contributed by atoms with Gasteiger partial charge in [0.15, 0.2) is 0 Å². The van der Waals surface area contributed by atoms with E-state index in [9.17, 15) is 9.90 Å². The lowest BCUT2D eigenvalue weighted by atomic mass is 10.1. The summed E-state index contributed by atoms with van der Waals surface area (Å²) in [7, 11) is 0. The quantitative estimate of drug-likeness (QED) is 0.793. The van der Waals surface area contributed by atoms with Gasteiger partial charge < -0.3 is 15.7 Å². The number of benzene rings is 1. The molecule has 3 N–H and O–H groups in total. The van der Waals surface area contributed by atoms with Crippen LogP contribution in [0.15, 0.2) is 22.7 Å². The van der Waals surface area contributed by atoms with Crippen LogP contribution in [0.3, 0.4) is 0 Å². The number of phenolic OH excluding ortho intramolecular Hbond substituents is 1. The molecule has 1 unspecified atom stereocenters. The van der Waals surface area contributed by atoms with E-state index in [-0.39, 0.29) is 11.7 Å². The first kappa shape index (κ1) is 12.4. The Kier molecular flexibility index (Phi) is 4.02. The zero-order valence-corrected chi connectivity index (χ0v) is 11.0. The number of halogens is 1. The third-order valence-corrected chi connectivity index (χ3v) is 3.51. The van der Waals surface area contributed by atoms with Crippen LogP contribution in [0.5, 0.6) is 5.75 Å². The Labute approximate surface area is 109 Å². The van der Waals surface area contributed by atoms with Crippen molar-refractivity contribution in [3.63, 3.8) is 0 Å². The minimum atomic E-state index is 0.135. The van der Waals surface area contributed by atoms with Gasteiger partial charge in [0.05, 0.1) is 4.47 Å². The third kappa shape index (κ3) is 3.44. The number of carbonyl (C=O) groups excluding carboxylic acids is 1. The SMILES string of the molecule is O=C1CCC(NCc2ccc(O)c(Br)c2)CN1.